The van der Waals surface area contributed by atoms with E-state index in [1.54, 1.807) is 12.1 Å². The molecule has 6 nitrogen and oxygen atoms in total. The standard InChI is InChI=1S/C14H16N4O2/c1-10-12(8-15-16(10)2)9-17-6-5-11-3-4-13(18(19)20)7-14(11)17/h3-4,7-8H,5-6,9H2,1-2H3. The minimum atomic E-state index is -0.341. The summed E-state index contributed by atoms with van der Waals surface area (Å²) in [5.41, 5.74) is 4.59. The number of nitrogens with zero attached hydrogens (tertiary/aromatic N) is 4. The first kappa shape index (κ1) is 12.7. The van der Waals surface area contributed by atoms with E-state index in [4.69, 9.17) is 0 Å². The molecule has 2 aromatic rings. The molecule has 1 aliphatic rings. The molecule has 0 saturated carbocycles. The van der Waals surface area contributed by atoms with Crippen molar-refractivity contribution in [3.8, 4) is 0 Å². The van der Waals surface area contributed by atoms with Crippen molar-refractivity contribution in [2.75, 3.05) is 11.4 Å². The third-order valence-electron chi connectivity index (χ3n) is 3.97. The van der Waals surface area contributed by atoms with Crippen LogP contribution in [0.2, 0.25) is 0 Å². The number of aromatic nitrogens is 2. The number of nitro benzene ring substituents is 1. The molecule has 0 N–H and O–H groups in total. The predicted octanol–water partition coefficient (Wildman–Crippen LogP) is 2.20. The maximum Gasteiger partial charge on any atom is 0.271 e. The van der Waals surface area contributed by atoms with Crippen LogP contribution in [-0.2, 0) is 20.0 Å². The lowest BCUT2D eigenvalue weighted by molar-refractivity contribution is -0.384. The van der Waals surface area contributed by atoms with Crippen LogP contribution < -0.4 is 4.90 Å². The Kier molecular flexibility index (Phi) is 2.93. The fourth-order valence-electron chi connectivity index (χ4n) is 2.62. The number of non-ortho nitro benzene ring substituents is 1. The molecule has 0 atom stereocenters. The number of rotatable bonds is 3. The van der Waals surface area contributed by atoms with Crippen LogP contribution in [0.25, 0.3) is 0 Å². The van der Waals surface area contributed by atoms with Crippen LogP contribution in [-0.4, -0.2) is 21.2 Å². The summed E-state index contributed by atoms with van der Waals surface area (Å²) in [6, 6.07) is 5.12. The van der Waals surface area contributed by atoms with Gasteiger partial charge in [0.15, 0.2) is 0 Å². The van der Waals surface area contributed by atoms with Gasteiger partial charge in [-0.05, 0) is 18.9 Å². The van der Waals surface area contributed by atoms with Gasteiger partial charge in [0.1, 0.15) is 0 Å². The van der Waals surface area contributed by atoms with Gasteiger partial charge in [-0.3, -0.25) is 14.8 Å². The van der Waals surface area contributed by atoms with Gasteiger partial charge < -0.3 is 4.90 Å². The Bertz CT molecular complexity index is 678. The normalized spacial score (nSPS) is 13.6. The predicted molar refractivity (Wildman–Crippen MR) is 75.8 cm³/mol. The molecule has 0 bridgehead atoms. The average molecular weight is 272 g/mol. The van der Waals surface area contributed by atoms with Crippen LogP contribution in [0, 0.1) is 17.0 Å². The van der Waals surface area contributed by atoms with Crippen LogP contribution in [0.4, 0.5) is 11.4 Å². The van der Waals surface area contributed by atoms with Gasteiger partial charge in [-0.2, -0.15) is 5.10 Å². The number of benzene rings is 1. The maximum absolute atomic E-state index is 10.9. The fourth-order valence-corrected chi connectivity index (χ4v) is 2.62. The quantitative estimate of drug-likeness (QED) is 0.634. The lowest BCUT2D eigenvalue weighted by Gasteiger charge is -2.18. The van der Waals surface area contributed by atoms with Crippen molar-refractivity contribution in [3.63, 3.8) is 0 Å². The lowest BCUT2D eigenvalue weighted by atomic mass is 10.1. The maximum atomic E-state index is 10.9. The summed E-state index contributed by atoms with van der Waals surface area (Å²) in [5, 5.41) is 15.1. The molecule has 1 aromatic heterocycles. The second-order valence-electron chi connectivity index (χ2n) is 5.12. The summed E-state index contributed by atoms with van der Waals surface area (Å²) in [7, 11) is 1.92. The minimum absolute atomic E-state index is 0.151. The van der Waals surface area contributed by atoms with E-state index in [0.717, 1.165) is 36.5 Å². The molecule has 3 rings (SSSR count). The largest absolute Gasteiger partial charge is 0.366 e. The van der Waals surface area contributed by atoms with Crippen LogP contribution in [0.1, 0.15) is 16.8 Å². The van der Waals surface area contributed by atoms with Crippen molar-refractivity contribution in [2.24, 2.45) is 7.05 Å². The molecule has 0 spiro atoms. The summed E-state index contributed by atoms with van der Waals surface area (Å²) >= 11 is 0. The first-order valence-corrected chi connectivity index (χ1v) is 6.56. The summed E-state index contributed by atoms with van der Waals surface area (Å²) in [4.78, 5) is 12.7. The van der Waals surface area contributed by atoms with E-state index in [1.165, 1.54) is 5.56 Å². The van der Waals surface area contributed by atoms with Crippen LogP contribution in [0.5, 0.6) is 0 Å². The van der Waals surface area contributed by atoms with Crippen molar-refractivity contribution in [1.29, 1.82) is 0 Å². The molecule has 0 saturated heterocycles. The van der Waals surface area contributed by atoms with E-state index in [0.29, 0.717) is 0 Å². The Morgan fingerprint density at radius 2 is 2.25 bits per heavy atom. The molecule has 1 aliphatic heterocycles. The van der Waals surface area contributed by atoms with Gasteiger partial charge in [0.2, 0.25) is 0 Å². The number of fused-ring (bicyclic) bond motifs is 1. The molecule has 104 valence electrons. The molecule has 1 aromatic carbocycles. The van der Waals surface area contributed by atoms with Gasteiger partial charge in [0, 0.05) is 49.2 Å². The zero-order valence-electron chi connectivity index (χ0n) is 11.5. The number of hydrogen-bond acceptors (Lipinski definition) is 4. The van der Waals surface area contributed by atoms with E-state index < -0.39 is 0 Å². The number of nitro groups is 1. The fraction of sp³-hybridized carbons (Fsp3) is 0.357. The minimum Gasteiger partial charge on any atom is -0.366 e. The van der Waals surface area contributed by atoms with Crippen LogP contribution in [0.15, 0.2) is 24.4 Å². The second kappa shape index (κ2) is 4.63. The molecule has 0 amide bonds. The summed E-state index contributed by atoms with van der Waals surface area (Å²) < 4.78 is 1.85. The van der Waals surface area contributed by atoms with E-state index in [2.05, 4.69) is 10.00 Å². The lowest BCUT2D eigenvalue weighted by Crippen LogP contribution is -2.20. The Hall–Kier alpha value is -2.37. The highest BCUT2D eigenvalue weighted by Gasteiger charge is 2.23. The SMILES string of the molecule is Cc1c(CN2CCc3ccc([N+](=O)[O-])cc32)cnn1C. The van der Waals surface area contributed by atoms with Gasteiger partial charge >= 0.3 is 0 Å². The van der Waals surface area contributed by atoms with E-state index in [9.17, 15) is 10.1 Å². The second-order valence-corrected chi connectivity index (χ2v) is 5.12. The van der Waals surface area contributed by atoms with Gasteiger partial charge in [0.05, 0.1) is 11.1 Å². The molecule has 2 heterocycles. The van der Waals surface area contributed by atoms with Gasteiger partial charge in [-0.15, -0.1) is 0 Å². The molecule has 6 heteroatoms. The number of hydrogen-bond donors (Lipinski definition) is 0. The van der Waals surface area contributed by atoms with Crippen molar-refractivity contribution in [3.05, 3.63) is 51.3 Å². The summed E-state index contributed by atoms with van der Waals surface area (Å²) in [6.07, 6.45) is 2.80. The zero-order valence-corrected chi connectivity index (χ0v) is 11.5. The highest BCUT2D eigenvalue weighted by molar-refractivity contribution is 5.62. The third-order valence-corrected chi connectivity index (χ3v) is 3.97. The van der Waals surface area contributed by atoms with E-state index >= 15 is 0 Å². The van der Waals surface area contributed by atoms with Crippen molar-refractivity contribution in [2.45, 2.75) is 19.9 Å². The first-order valence-electron chi connectivity index (χ1n) is 6.56. The Morgan fingerprint density at radius 3 is 2.90 bits per heavy atom. The van der Waals surface area contributed by atoms with E-state index in [-0.39, 0.29) is 10.6 Å². The Morgan fingerprint density at radius 1 is 1.45 bits per heavy atom. The summed E-state index contributed by atoms with van der Waals surface area (Å²) in [6.45, 7) is 3.67. The van der Waals surface area contributed by atoms with Crippen LogP contribution in [0.3, 0.4) is 0 Å². The van der Waals surface area contributed by atoms with Crippen molar-refractivity contribution < 1.29 is 4.92 Å². The number of aryl methyl sites for hydroxylation is 1. The molecule has 20 heavy (non-hydrogen) atoms. The highest BCUT2D eigenvalue weighted by atomic mass is 16.6. The number of anilines is 1. The highest BCUT2D eigenvalue weighted by Crippen LogP contribution is 2.32. The molecular formula is C14H16N4O2. The molecule has 0 fully saturated rings. The van der Waals surface area contributed by atoms with Crippen molar-refractivity contribution in [1.82, 2.24) is 9.78 Å². The smallest absolute Gasteiger partial charge is 0.271 e. The van der Waals surface area contributed by atoms with E-state index in [1.807, 2.05) is 30.9 Å². The average Bonchev–Trinajstić information content (AvgIpc) is 2.97. The molecular weight excluding hydrogens is 256 g/mol. The van der Waals surface area contributed by atoms with Crippen LogP contribution >= 0.6 is 0 Å². The first-order chi connectivity index (χ1) is 9.56. The third kappa shape index (κ3) is 2.03. The molecule has 0 aliphatic carbocycles. The zero-order chi connectivity index (χ0) is 14.3. The monoisotopic (exact) mass is 272 g/mol. The molecule has 0 radical (unpaired) electrons. The Labute approximate surface area is 116 Å². The van der Waals surface area contributed by atoms with Gasteiger partial charge in [-0.25, -0.2) is 0 Å². The topological polar surface area (TPSA) is 64.2 Å². The van der Waals surface area contributed by atoms with Gasteiger partial charge in [0.25, 0.3) is 5.69 Å². The molecule has 0 unspecified atom stereocenters. The van der Waals surface area contributed by atoms with Crippen molar-refractivity contribution >= 4 is 11.4 Å². The Balaban J connectivity index is 1.90. The van der Waals surface area contributed by atoms with Gasteiger partial charge in [-0.1, -0.05) is 6.07 Å². The summed E-state index contributed by atoms with van der Waals surface area (Å²) in [5.74, 6) is 0.